The molecule has 1 aliphatic rings. The Morgan fingerprint density at radius 1 is 1.32 bits per heavy atom. The zero-order valence-corrected chi connectivity index (χ0v) is 11.3. The summed E-state index contributed by atoms with van der Waals surface area (Å²) in [6, 6.07) is 7.47. The molecule has 1 aromatic carbocycles. The second kappa shape index (κ2) is 5.82. The minimum atomic E-state index is -0.371. The maximum absolute atomic E-state index is 10.9. The lowest BCUT2D eigenvalue weighted by atomic mass is 10.00. The summed E-state index contributed by atoms with van der Waals surface area (Å²) >= 11 is 0. The molecule has 0 amide bonds. The number of para-hydroxylation sites is 1. The molecule has 102 valence electrons. The summed E-state index contributed by atoms with van der Waals surface area (Å²) in [6.45, 7) is 4.29. The zero-order valence-electron chi connectivity index (χ0n) is 11.3. The van der Waals surface area contributed by atoms with Crippen molar-refractivity contribution in [2.75, 3.05) is 0 Å². The van der Waals surface area contributed by atoms with Crippen LogP contribution in [-0.2, 0) is 0 Å². The van der Waals surface area contributed by atoms with E-state index in [-0.39, 0.29) is 10.6 Å². The maximum atomic E-state index is 10.9. The second-order valence-corrected chi connectivity index (χ2v) is 5.07. The van der Waals surface area contributed by atoms with Crippen molar-refractivity contribution < 1.29 is 4.92 Å². The van der Waals surface area contributed by atoms with Crippen LogP contribution in [0.15, 0.2) is 29.4 Å². The molecule has 5 heteroatoms. The Morgan fingerprint density at radius 3 is 2.58 bits per heavy atom. The van der Waals surface area contributed by atoms with Crippen LogP contribution in [0.2, 0.25) is 0 Å². The lowest BCUT2D eigenvalue weighted by molar-refractivity contribution is -0.385. The van der Waals surface area contributed by atoms with E-state index in [1.165, 1.54) is 12.5 Å². The van der Waals surface area contributed by atoms with Crippen LogP contribution in [0.4, 0.5) is 5.69 Å². The molecule has 0 spiro atoms. The molecule has 2 atom stereocenters. The van der Waals surface area contributed by atoms with Crippen LogP contribution in [0.1, 0.15) is 38.7 Å². The van der Waals surface area contributed by atoms with Gasteiger partial charge in [0.25, 0.3) is 5.69 Å². The highest BCUT2D eigenvalue weighted by atomic mass is 16.6. The van der Waals surface area contributed by atoms with Crippen molar-refractivity contribution in [3.63, 3.8) is 0 Å². The molecule has 1 aromatic rings. The third-order valence-electron chi connectivity index (χ3n) is 3.61. The van der Waals surface area contributed by atoms with Crippen LogP contribution in [0.5, 0.6) is 0 Å². The molecule has 1 aliphatic heterocycles. The molecule has 0 unspecified atom stereocenters. The molecule has 0 N–H and O–H groups in total. The number of rotatable bonds is 3. The fourth-order valence-corrected chi connectivity index (χ4v) is 2.53. The monoisotopic (exact) mass is 261 g/mol. The third kappa shape index (κ3) is 3.10. The van der Waals surface area contributed by atoms with Gasteiger partial charge in [-0.05, 0) is 39.2 Å². The van der Waals surface area contributed by atoms with Crippen molar-refractivity contribution >= 4 is 11.9 Å². The lowest BCUT2D eigenvalue weighted by Gasteiger charge is -2.36. The van der Waals surface area contributed by atoms with Gasteiger partial charge in [-0.1, -0.05) is 12.1 Å². The topological polar surface area (TPSA) is 58.7 Å². The van der Waals surface area contributed by atoms with E-state index in [0.29, 0.717) is 17.6 Å². The van der Waals surface area contributed by atoms with Crippen molar-refractivity contribution in [1.29, 1.82) is 0 Å². The number of hydrazone groups is 1. The summed E-state index contributed by atoms with van der Waals surface area (Å²) in [6.07, 6.45) is 5.08. The van der Waals surface area contributed by atoms with E-state index < -0.39 is 0 Å². The summed E-state index contributed by atoms with van der Waals surface area (Å²) < 4.78 is 0. The Hall–Kier alpha value is -1.91. The van der Waals surface area contributed by atoms with Crippen molar-refractivity contribution in [2.24, 2.45) is 5.10 Å². The molecule has 0 bridgehead atoms. The number of piperidine rings is 1. The highest BCUT2D eigenvalue weighted by Crippen LogP contribution is 2.23. The molecular formula is C14H19N3O2. The Bertz CT molecular complexity index is 477. The van der Waals surface area contributed by atoms with Gasteiger partial charge in [0.15, 0.2) is 0 Å². The van der Waals surface area contributed by atoms with E-state index in [1.807, 2.05) is 0 Å². The number of nitro groups is 1. The summed E-state index contributed by atoms with van der Waals surface area (Å²) in [5.41, 5.74) is 0.654. The molecule has 19 heavy (non-hydrogen) atoms. The number of benzene rings is 1. The summed E-state index contributed by atoms with van der Waals surface area (Å²) in [7, 11) is 0. The van der Waals surface area contributed by atoms with Crippen LogP contribution in [0.3, 0.4) is 0 Å². The first kappa shape index (κ1) is 13.5. The van der Waals surface area contributed by atoms with Crippen molar-refractivity contribution in [2.45, 2.75) is 45.2 Å². The Kier molecular flexibility index (Phi) is 4.14. The number of nitro benzene ring substituents is 1. The Labute approximate surface area is 113 Å². The standard InChI is InChI=1S/C14H19N3O2/c1-11-6-5-7-12(2)16(11)15-10-13-8-3-4-9-14(13)17(18)19/h3-4,8-12H,5-7H2,1-2H3/b15-10-/t11-,12-/m0/s1. The first-order valence-corrected chi connectivity index (χ1v) is 6.65. The number of hydrogen-bond acceptors (Lipinski definition) is 4. The minimum Gasteiger partial charge on any atom is -0.292 e. The molecule has 1 fully saturated rings. The van der Waals surface area contributed by atoms with Gasteiger partial charge in [-0.3, -0.25) is 15.1 Å². The summed E-state index contributed by atoms with van der Waals surface area (Å²) in [4.78, 5) is 10.6. The number of hydrogen-bond donors (Lipinski definition) is 0. The SMILES string of the molecule is C[C@H]1CCC[C@H](C)N1/N=C\c1ccccc1[N+](=O)[O-]. The van der Waals surface area contributed by atoms with Gasteiger partial charge in [-0.15, -0.1) is 0 Å². The second-order valence-electron chi connectivity index (χ2n) is 5.07. The molecular weight excluding hydrogens is 242 g/mol. The van der Waals surface area contributed by atoms with Gasteiger partial charge in [0, 0.05) is 18.2 Å². The van der Waals surface area contributed by atoms with Gasteiger partial charge < -0.3 is 0 Å². The van der Waals surface area contributed by atoms with E-state index in [1.54, 1.807) is 24.4 Å². The van der Waals surface area contributed by atoms with Crippen molar-refractivity contribution in [1.82, 2.24) is 5.01 Å². The minimum absolute atomic E-state index is 0.101. The smallest absolute Gasteiger partial charge is 0.278 e. The predicted octanol–water partition coefficient (Wildman–Crippen LogP) is 3.19. The van der Waals surface area contributed by atoms with Crippen molar-refractivity contribution in [3.05, 3.63) is 39.9 Å². The average molecular weight is 261 g/mol. The van der Waals surface area contributed by atoms with Gasteiger partial charge >= 0.3 is 0 Å². The Morgan fingerprint density at radius 2 is 1.95 bits per heavy atom. The van der Waals surface area contributed by atoms with Gasteiger partial charge in [0.1, 0.15) is 0 Å². The highest BCUT2D eigenvalue weighted by Gasteiger charge is 2.23. The summed E-state index contributed by atoms with van der Waals surface area (Å²) in [5, 5.41) is 17.4. The molecule has 0 radical (unpaired) electrons. The normalized spacial score (nSPS) is 23.8. The van der Waals surface area contributed by atoms with E-state index in [9.17, 15) is 10.1 Å². The van der Waals surface area contributed by atoms with Gasteiger partial charge in [-0.25, -0.2) is 0 Å². The Balaban J connectivity index is 2.20. The van der Waals surface area contributed by atoms with E-state index >= 15 is 0 Å². The first-order valence-electron chi connectivity index (χ1n) is 6.65. The maximum Gasteiger partial charge on any atom is 0.278 e. The molecule has 0 saturated carbocycles. The zero-order chi connectivity index (χ0) is 13.8. The molecule has 1 heterocycles. The van der Waals surface area contributed by atoms with Gasteiger partial charge in [-0.2, -0.15) is 5.10 Å². The van der Waals surface area contributed by atoms with Gasteiger partial charge in [0.2, 0.25) is 0 Å². The van der Waals surface area contributed by atoms with Crippen LogP contribution in [0.25, 0.3) is 0 Å². The lowest BCUT2D eigenvalue weighted by Crippen LogP contribution is -2.39. The molecule has 2 rings (SSSR count). The third-order valence-corrected chi connectivity index (χ3v) is 3.61. The van der Waals surface area contributed by atoms with Gasteiger partial charge in [0.05, 0.1) is 16.7 Å². The van der Waals surface area contributed by atoms with Crippen LogP contribution < -0.4 is 0 Å². The van der Waals surface area contributed by atoms with E-state index in [2.05, 4.69) is 24.0 Å². The summed E-state index contributed by atoms with van der Waals surface area (Å²) in [5.74, 6) is 0. The van der Waals surface area contributed by atoms with Crippen LogP contribution >= 0.6 is 0 Å². The number of nitrogens with zero attached hydrogens (tertiary/aromatic N) is 3. The fraction of sp³-hybridized carbons (Fsp3) is 0.500. The van der Waals surface area contributed by atoms with Crippen molar-refractivity contribution in [3.8, 4) is 0 Å². The predicted molar refractivity (Wildman–Crippen MR) is 75.3 cm³/mol. The average Bonchev–Trinajstić information content (AvgIpc) is 2.38. The quantitative estimate of drug-likeness (QED) is 0.477. The van der Waals surface area contributed by atoms with E-state index in [0.717, 1.165) is 12.8 Å². The van der Waals surface area contributed by atoms with E-state index in [4.69, 9.17) is 0 Å². The molecule has 0 aromatic heterocycles. The highest BCUT2D eigenvalue weighted by molar-refractivity contribution is 5.85. The molecule has 0 aliphatic carbocycles. The first-order chi connectivity index (χ1) is 9.09. The largest absolute Gasteiger partial charge is 0.292 e. The fourth-order valence-electron chi connectivity index (χ4n) is 2.53. The van der Waals surface area contributed by atoms with Crippen LogP contribution in [-0.4, -0.2) is 28.2 Å². The molecule has 5 nitrogen and oxygen atoms in total. The van der Waals surface area contributed by atoms with Crippen LogP contribution in [0, 0.1) is 10.1 Å². The molecule has 1 saturated heterocycles.